The molecule has 1 aromatic carbocycles. The van der Waals surface area contributed by atoms with Crippen molar-refractivity contribution in [3.63, 3.8) is 0 Å². The number of furan rings is 1. The molecule has 1 amide bonds. The number of nitrogens with zero attached hydrogens (tertiary/aromatic N) is 2. The van der Waals surface area contributed by atoms with Gasteiger partial charge < -0.3 is 9.32 Å². The summed E-state index contributed by atoms with van der Waals surface area (Å²) < 4.78 is 5.12. The van der Waals surface area contributed by atoms with Crippen LogP contribution in [0.15, 0.2) is 40.8 Å². The number of fused-ring (bicyclic) bond motifs is 1. The molecule has 1 heterocycles. The zero-order valence-corrected chi connectivity index (χ0v) is 12.5. The van der Waals surface area contributed by atoms with E-state index in [4.69, 9.17) is 4.42 Å². The molecule has 2 aromatic rings. The topological polar surface area (TPSA) is 76.6 Å². The predicted octanol–water partition coefficient (Wildman–Crippen LogP) is 3.48. The monoisotopic (exact) mass is 312 g/mol. The van der Waals surface area contributed by atoms with Gasteiger partial charge in [0.05, 0.1) is 12.1 Å². The first-order valence-corrected chi connectivity index (χ1v) is 7.80. The van der Waals surface area contributed by atoms with Crippen molar-refractivity contribution in [2.24, 2.45) is 0 Å². The van der Waals surface area contributed by atoms with Gasteiger partial charge in [-0.05, 0) is 42.9 Å². The third kappa shape index (κ3) is 2.40. The fourth-order valence-corrected chi connectivity index (χ4v) is 3.41. The van der Waals surface area contributed by atoms with E-state index in [0.717, 1.165) is 25.7 Å². The molecule has 6 heteroatoms. The van der Waals surface area contributed by atoms with Crippen LogP contribution in [0.3, 0.4) is 0 Å². The zero-order valence-electron chi connectivity index (χ0n) is 12.5. The number of carbonyl (C=O) groups excluding carboxylic acids is 1. The van der Waals surface area contributed by atoms with Crippen molar-refractivity contribution < 1.29 is 14.1 Å². The highest BCUT2D eigenvalue weighted by atomic mass is 16.6. The van der Waals surface area contributed by atoms with Crippen LogP contribution < -0.4 is 0 Å². The van der Waals surface area contributed by atoms with Crippen LogP contribution in [0.25, 0.3) is 0 Å². The number of carbonyl (C=O) groups is 1. The van der Waals surface area contributed by atoms with E-state index in [1.165, 1.54) is 23.3 Å². The Kier molecular flexibility index (Phi) is 3.18. The van der Waals surface area contributed by atoms with E-state index < -0.39 is 10.8 Å². The molecule has 23 heavy (non-hydrogen) atoms. The third-order valence-corrected chi connectivity index (χ3v) is 4.59. The molecule has 2 aliphatic rings. The van der Waals surface area contributed by atoms with Crippen molar-refractivity contribution >= 4 is 11.8 Å². The highest BCUT2D eigenvalue weighted by Gasteiger charge is 2.41. The standard InChI is InChI=1S/C17H16N2O4/c20-17(15-9-10-16(23-15)19(21)22)18(12-6-7-12)14-8-5-11-3-1-2-4-13(11)14/h1-4,9-10,12,14H,5-8H2/t14-/m0/s1. The highest BCUT2D eigenvalue weighted by Crippen LogP contribution is 2.42. The Bertz CT molecular complexity index is 778. The average Bonchev–Trinajstić information content (AvgIpc) is 3.10. The van der Waals surface area contributed by atoms with Crippen molar-refractivity contribution in [1.82, 2.24) is 4.90 Å². The Morgan fingerprint density at radius 1 is 1.17 bits per heavy atom. The molecule has 0 radical (unpaired) electrons. The summed E-state index contributed by atoms with van der Waals surface area (Å²) >= 11 is 0. The summed E-state index contributed by atoms with van der Waals surface area (Å²) in [6.07, 6.45) is 3.81. The Morgan fingerprint density at radius 3 is 2.65 bits per heavy atom. The first kappa shape index (κ1) is 14.0. The predicted molar refractivity (Wildman–Crippen MR) is 82.1 cm³/mol. The summed E-state index contributed by atoms with van der Waals surface area (Å²) in [5, 5.41) is 10.8. The van der Waals surface area contributed by atoms with Gasteiger partial charge in [-0.1, -0.05) is 24.3 Å². The minimum atomic E-state index is -0.622. The van der Waals surface area contributed by atoms with Gasteiger partial charge in [0.15, 0.2) is 5.76 Å². The molecule has 1 fully saturated rings. The molecule has 2 aliphatic carbocycles. The van der Waals surface area contributed by atoms with Crippen LogP contribution in [0.1, 0.15) is 47.0 Å². The normalized spacial score (nSPS) is 19.4. The SMILES string of the molecule is O=C(c1ccc([N+](=O)[O-])o1)N(C1CC1)[C@H]1CCc2ccccc21. The summed E-state index contributed by atoms with van der Waals surface area (Å²) in [6, 6.07) is 11.1. The quantitative estimate of drug-likeness (QED) is 0.639. The maximum absolute atomic E-state index is 12.9. The van der Waals surface area contributed by atoms with Gasteiger partial charge in [-0.25, -0.2) is 0 Å². The average molecular weight is 312 g/mol. The van der Waals surface area contributed by atoms with E-state index in [-0.39, 0.29) is 23.8 Å². The highest BCUT2D eigenvalue weighted by molar-refractivity contribution is 5.92. The van der Waals surface area contributed by atoms with Gasteiger partial charge in [0, 0.05) is 6.04 Å². The lowest BCUT2D eigenvalue weighted by Gasteiger charge is -2.29. The summed E-state index contributed by atoms with van der Waals surface area (Å²) in [6.45, 7) is 0. The zero-order chi connectivity index (χ0) is 16.0. The second kappa shape index (κ2) is 5.22. The largest absolute Gasteiger partial charge is 0.433 e. The Morgan fingerprint density at radius 2 is 1.96 bits per heavy atom. The fraction of sp³-hybridized carbons (Fsp3) is 0.353. The van der Waals surface area contributed by atoms with E-state index in [9.17, 15) is 14.9 Å². The smallest absolute Gasteiger partial charge is 0.395 e. The first-order chi connectivity index (χ1) is 11.1. The maximum atomic E-state index is 12.9. The molecule has 0 aliphatic heterocycles. The first-order valence-electron chi connectivity index (χ1n) is 7.80. The van der Waals surface area contributed by atoms with Crippen molar-refractivity contribution in [3.8, 4) is 0 Å². The van der Waals surface area contributed by atoms with E-state index in [2.05, 4.69) is 12.1 Å². The van der Waals surface area contributed by atoms with Gasteiger partial charge >= 0.3 is 5.88 Å². The molecule has 0 unspecified atom stereocenters. The molecule has 4 rings (SSSR count). The molecule has 0 bridgehead atoms. The van der Waals surface area contributed by atoms with Crippen LogP contribution >= 0.6 is 0 Å². The maximum Gasteiger partial charge on any atom is 0.433 e. The second-order valence-corrected chi connectivity index (χ2v) is 6.09. The van der Waals surface area contributed by atoms with Gasteiger partial charge in [0.25, 0.3) is 5.91 Å². The number of amides is 1. The van der Waals surface area contributed by atoms with Gasteiger partial charge in [0.2, 0.25) is 0 Å². The van der Waals surface area contributed by atoms with Crippen LogP contribution in [0.5, 0.6) is 0 Å². The number of hydrogen-bond acceptors (Lipinski definition) is 4. The van der Waals surface area contributed by atoms with Gasteiger partial charge in [-0.3, -0.25) is 14.9 Å². The number of nitro groups is 1. The number of hydrogen-bond donors (Lipinski definition) is 0. The van der Waals surface area contributed by atoms with Gasteiger partial charge in [-0.15, -0.1) is 0 Å². The fourth-order valence-electron chi connectivity index (χ4n) is 3.41. The Hall–Kier alpha value is -2.63. The second-order valence-electron chi connectivity index (χ2n) is 6.09. The lowest BCUT2D eigenvalue weighted by Crippen LogP contribution is -2.35. The number of benzene rings is 1. The molecule has 0 spiro atoms. The van der Waals surface area contributed by atoms with Gasteiger partial charge in [0.1, 0.15) is 4.92 Å². The lowest BCUT2D eigenvalue weighted by atomic mass is 10.1. The van der Waals surface area contributed by atoms with Crippen LogP contribution in [0, 0.1) is 10.1 Å². The van der Waals surface area contributed by atoms with E-state index in [0.29, 0.717) is 0 Å². The van der Waals surface area contributed by atoms with E-state index >= 15 is 0 Å². The van der Waals surface area contributed by atoms with Crippen LogP contribution in [-0.2, 0) is 6.42 Å². The number of rotatable bonds is 4. The van der Waals surface area contributed by atoms with Crippen molar-refractivity contribution in [2.45, 2.75) is 37.8 Å². The van der Waals surface area contributed by atoms with E-state index in [1.54, 1.807) is 0 Å². The Balaban J connectivity index is 1.66. The van der Waals surface area contributed by atoms with Crippen LogP contribution in [0.2, 0.25) is 0 Å². The Labute approximate surface area is 132 Å². The summed E-state index contributed by atoms with van der Waals surface area (Å²) in [5.74, 6) is -0.591. The molecule has 118 valence electrons. The molecule has 0 saturated heterocycles. The molecule has 0 N–H and O–H groups in total. The summed E-state index contributed by atoms with van der Waals surface area (Å²) in [4.78, 5) is 24.9. The van der Waals surface area contributed by atoms with Gasteiger partial charge in [-0.2, -0.15) is 0 Å². The van der Waals surface area contributed by atoms with Crippen LogP contribution in [0.4, 0.5) is 5.88 Å². The van der Waals surface area contributed by atoms with Crippen LogP contribution in [-0.4, -0.2) is 21.8 Å². The lowest BCUT2D eigenvalue weighted by molar-refractivity contribution is -0.402. The molecule has 1 saturated carbocycles. The number of aryl methyl sites for hydroxylation is 1. The van der Waals surface area contributed by atoms with E-state index in [1.807, 2.05) is 17.0 Å². The van der Waals surface area contributed by atoms with Crippen molar-refractivity contribution in [2.75, 3.05) is 0 Å². The summed E-state index contributed by atoms with van der Waals surface area (Å²) in [7, 11) is 0. The molecule has 6 nitrogen and oxygen atoms in total. The molecule has 1 aromatic heterocycles. The minimum Gasteiger partial charge on any atom is -0.395 e. The van der Waals surface area contributed by atoms with Crippen molar-refractivity contribution in [3.05, 3.63) is 63.4 Å². The molecular formula is C17H16N2O4. The molecule has 1 atom stereocenters. The third-order valence-electron chi connectivity index (χ3n) is 4.59. The molecular weight excluding hydrogens is 296 g/mol. The summed E-state index contributed by atoms with van der Waals surface area (Å²) in [5.41, 5.74) is 2.47. The van der Waals surface area contributed by atoms with Crippen molar-refractivity contribution in [1.29, 1.82) is 0 Å². The minimum absolute atomic E-state index is 0.0374.